The largest absolute Gasteiger partial charge is 0.308 e. The quantitative estimate of drug-likeness (QED) is 0.779. The van der Waals surface area contributed by atoms with Crippen LogP contribution in [0.5, 0.6) is 0 Å². The molecule has 0 aromatic rings. The molecule has 1 unspecified atom stereocenters. The standard InChI is InChI=1S/C19H38N2/c1-6-19(7-2)15-21(17(5)13-20-19)14-18(12-16(3)4)10-8-9-11-18/h16-17,20H,6-15H2,1-5H3. The fraction of sp³-hybridized carbons (Fsp3) is 1.00. The van der Waals surface area contributed by atoms with Crippen LogP contribution in [0.25, 0.3) is 0 Å². The Kier molecular flexibility index (Phi) is 5.76. The molecular weight excluding hydrogens is 256 g/mol. The second kappa shape index (κ2) is 7.00. The molecule has 1 saturated carbocycles. The van der Waals surface area contributed by atoms with Crippen LogP contribution in [0.15, 0.2) is 0 Å². The summed E-state index contributed by atoms with van der Waals surface area (Å²) in [6.07, 6.45) is 9.78. The topological polar surface area (TPSA) is 15.3 Å². The molecule has 1 atom stereocenters. The number of nitrogens with zero attached hydrogens (tertiary/aromatic N) is 1. The molecule has 1 aliphatic heterocycles. The molecule has 0 amide bonds. The maximum absolute atomic E-state index is 3.85. The predicted octanol–water partition coefficient (Wildman–Crippen LogP) is 4.45. The summed E-state index contributed by atoms with van der Waals surface area (Å²) >= 11 is 0. The lowest BCUT2D eigenvalue weighted by Gasteiger charge is -2.49. The van der Waals surface area contributed by atoms with E-state index in [-0.39, 0.29) is 0 Å². The summed E-state index contributed by atoms with van der Waals surface area (Å²) in [7, 11) is 0. The molecular formula is C19H38N2. The fourth-order valence-electron chi connectivity index (χ4n) is 4.88. The lowest BCUT2D eigenvalue weighted by atomic mass is 9.77. The van der Waals surface area contributed by atoms with Crippen LogP contribution in [-0.4, -0.2) is 36.1 Å². The number of nitrogens with one attached hydrogen (secondary N) is 1. The van der Waals surface area contributed by atoms with Crippen LogP contribution in [-0.2, 0) is 0 Å². The summed E-state index contributed by atoms with van der Waals surface area (Å²) in [5.74, 6) is 0.837. The molecule has 21 heavy (non-hydrogen) atoms. The van der Waals surface area contributed by atoms with E-state index in [1.165, 1.54) is 64.6 Å². The zero-order valence-corrected chi connectivity index (χ0v) is 15.2. The van der Waals surface area contributed by atoms with Gasteiger partial charge in [0.05, 0.1) is 0 Å². The van der Waals surface area contributed by atoms with Crippen LogP contribution in [0.2, 0.25) is 0 Å². The maximum Gasteiger partial charge on any atom is 0.0304 e. The Balaban J connectivity index is 2.07. The number of rotatable bonds is 6. The van der Waals surface area contributed by atoms with Crippen LogP contribution >= 0.6 is 0 Å². The van der Waals surface area contributed by atoms with Gasteiger partial charge in [-0.3, -0.25) is 4.90 Å². The minimum absolute atomic E-state index is 0.365. The van der Waals surface area contributed by atoms with E-state index in [9.17, 15) is 0 Å². The van der Waals surface area contributed by atoms with Gasteiger partial charge < -0.3 is 5.32 Å². The average Bonchev–Trinajstić information content (AvgIpc) is 2.89. The van der Waals surface area contributed by atoms with Gasteiger partial charge >= 0.3 is 0 Å². The van der Waals surface area contributed by atoms with Gasteiger partial charge in [-0.05, 0) is 50.4 Å². The molecule has 2 nitrogen and oxygen atoms in total. The van der Waals surface area contributed by atoms with Crippen molar-refractivity contribution in [3.05, 3.63) is 0 Å². The van der Waals surface area contributed by atoms with E-state index >= 15 is 0 Å². The molecule has 2 aliphatic rings. The first-order chi connectivity index (χ1) is 9.94. The second-order valence-electron chi connectivity index (χ2n) is 8.43. The second-order valence-corrected chi connectivity index (χ2v) is 8.43. The Morgan fingerprint density at radius 1 is 1.14 bits per heavy atom. The number of piperazine rings is 1. The van der Waals surface area contributed by atoms with E-state index in [4.69, 9.17) is 0 Å². The minimum atomic E-state index is 0.365. The average molecular weight is 295 g/mol. The highest BCUT2D eigenvalue weighted by Gasteiger charge is 2.41. The summed E-state index contributed by atoms with van der Waals surface area (Å²) in [5.41, 5.74) is 0.983. The Hall–Kier alpha value is -0.0800. The highest BCUT2D eigenvalue weighted by atomic mass is 15.3. The van der Waals surface area contributed by atoms with E-state index < -0.39 is 0 Å². The SMILES string of the molecule is CCC1(CC)CN(CC2(CC(C)C)CCCC2)C(C)CN1. The first-order valence-corrected chi connectivity index (χ1v) is 9.43. The maximum atomic E-state index is 3.85. The summed E-state index contributed by atoms with van der Waals surface area (Å²) < 4.78 is 0. The summed E-state index contributed by atoms with van der Waals surface area (Å²) in [6, 6.07) is 0.695. The van der Waals surface area contributed by atoms with Gasteiger partial charge in [0.15, 0.2) is 0 Å². The Morgan fingerprint density at radius 2 is 1.76 bits per heavy atom. The van der Waals surface area contributed by atoms with Crippen molar-refractivity contribution in [2.45, 2.75) is 91.1 Å². The van der Waals surface area contributed by atoms with Gasteiger partial charge in [0, 0.05) is 31.2 Å². The number of hydrogen-bond acceptors (Lipinski definition) is 2. The van der Waals surface area contributed by atoms with Gasteiger partial charge in [-0.15, -0.1) is 0 Å². The van der Waals surface area contributed by atoms with Gasteiger partial charge in [0.25, 0.3) is 0 Å². The van der Waals surface area contributed by atoms with Crippen LogP contribution in [0.4, 0.5) is 0 Å². The molecule has 2 fully saturated rings. The van der Waals surface area contributed by atoms with Crippen molar-refractivity contribution >= 4 is 0 Å². The molecule has 2 heteroatoms. The van der Waals surface area contributed by atoms with Gasteiger partial charge in [-0.2, -0.15) is 0 Å². The van der Waals surface area contributed by atoms with Crippen molar-refractivity contribution < 1.29 is 0 Å². The molecule has 0 aromatic heterocycles. The Bertz CT molecular complexity index is 314. The molecule has 0 bridgehead atoms. The Labute approximate surface area is 133 Å². The zero-order chi connectivity index (χ0) is 15.5. The van der Waals surface area contributed by atoms with Crippen LogP contribution in [0.3, 0.4) is 0 Å². The van der Waals surface area contributed by atoms with Gasteiger partial charge in [-0.25, -0.2) is 0 Å². The number of hydrogen-bond donors (Lipinski definition) is 1. The third-order valence-electron chi connectivity index (χ3n) is 6.30. The molecule has 1 heterocycles. The van der Waals surface area contributed by atoms with Crippen molar-refractivity contribution in [3.8, 4) is 0 Å². The van der Waals surface area contributed by atoms with E-state index in [0.29, 0.717) is 17.0 Å². The van der Waals surface area contributed by atoms with Gasteiger partial charge in [0.2, 0.25) is 0 Å². The lowest BCUT2D eigenvalue weighted by Crippen LogP contribution is -2.64. The van der Waals surface area contributed by atoms with Gasteiger partial charge in [0.1, 0.15) is 0 Å². The third-order valence-corrected chi connectivity index (χ3v) is 6.30. The monoisotopic (exact) mass is 294 g/mol. The molecule has 2 rings (SSSR count). The van der Waals surface area contributed by atoms with Crippen molar-refractivity contribution in [2.24, 2.45) is 11.3 Å². The predicted molar refractivity (Wildman–Crippen MR) is 92.7 cm³/mol. The van der Waals surface area contributed by atoms with Crippen molar-refractivity contribution in [3.63, 3.8) is 0 Å². The first-order valence-electron chi connectivity index (χ1n) is 9.43. The van der Waals surface area contributed by atoms with Crippen molar-refractivity contribution in [2.75, 3.05) is 19.6 Å². The smallest absolute Gasteiger partial charge is 0.0304 e. The van der Waals surface area contributed by atoms with Crippen molar-refractivity contribution in [1.82, 2.24) is 10.2 Å². The molecule has 0 aromatic carbocycles. The summed E-state index contributed by atoms with van der Waals surface area (Å²) in [6.45, 7) is 15.7. The third kappa shape index (κ3) is 4.01. The molecule has 1 aliphatic carbocycles. The van der Waals surface area contributed by atoms with Crippen molar-refractivity contribution in [1.29, 1.82) is 0 Å². The molecule has 124 valence electrons. The normalized spacial score (nSPS) is 29.1. The Morgan fingerprint density at radius 3 is 2.29 bits per heavy atom. The zero-order valence-electron chi connectivity index (χ0n) is 15.2. The van der Waals surface area contributed by atoms with E-state index in [0.717, 1.165) is 5.92 Å². The fourth-order valence-corrected chi connectivity index (χ4v) is 4.88. The first kappa shape index (κ1) is 17.3. The lowest BCUT2D eigenvalue weighted by molar-refractivity contribution is 0.0336. The van der Waals surface area contributed by atoms with E-state index in [2.05, 4.69) is 44.8 Å². The van der Waals surface area contributed by atoms with Crippen LogP contribution in [0.1, 0.15) is 79.6 Å². The van der Waals surface area contributed by atoms with Crippen LogP contribution < -0.4 is 5.32 Å². The summed E-state index contributed by atoms with van der Waals surface area (Å²) in [4.78, 5) is 2.83. The van der Waals surface area contributed by atoms with Gasteiger partial charge in [-0.1, -0.05) is 40.5 Å². The van der Waals surface area contributed by atoms with Crippen LogP contribution in [0, 0.1) is 11.3 Å². The van der Waals surface area contributed by atoms with E-state index in [1.807, 2.05) is 0 Å². The molecule has 0 spiro atoms. The molecule has 0 radical (unpaired) electrons. The highest BCUT2D eigenvalue weighted by Crippen LogP contribution is 2.44. The highest BCUT2D eigenvalue weighted by molar-refractivity contribution is 4.98. The van der Waals surface area contributed by atoms with E-state index in [1.54, 1.807) is 0 Å². The minimum Gasteiger partial charge on any atom is -0.308 e. The summed E-state index contributed by atoms with van der Waals surface area (Å²) in [5, 5.41) is 3.85. The molecule has 1 saturated heterocycles. The molecule has 1 N–H and O–H groups in total.